The average molecular weight is 525 g/mol. The fraction of sp³-hybridized carbons (Fsp3) is 0.759. The molecule has 0 saturated carbocycles. The van der Waals surface area contributed by atoms with Crippen molar-refractivity contribution in [3.05, 3.63) is 23.8 Å². The Bertz CT molecular complexity index is 788. The highest BCUT2D eigenvalue weighted by atomic mass is 28.3. The molecule has 0 aromatic heterocycles. The maximum Gasteiger partial charge on any atom is 0.334 e. The summed E-state index contributed by atoms with van der Waals surface area (Å²) in [5.74, 6) is 1.59. The predicted octanol–water partition coefficient (Wildman–Crippen LogP) is 6.60. The Labute approximate surface area is 221 Å². The molecule has 0 heterocycles. The standard InChI is InChI=1S/C29H52O6Si/c1-21(2)23(19-22-15-16-24(33-8)25(20-22)34-18-12-17-32-7)13-11-14-26(28(3,4)5)29(6,27(30)31)35-36(9)10/h15-16,20-21,23,26,36H,11-14,17-19H2,1-10H3,(H,30,31)/t23-,26-,29+/m0/s1. The van der Waals surface area contributed by atoms with Crippen molar-refractivity contribution in [2.75, 3.05) is 27.4 Å². The molecule has 0 saturated heterocycles. The quantitative estimate of drug-likeness (QED) is 0.183. The highest BCUT2D eigenvalue weighted by Crippen LogP contribution is 2.42. The fourth-order valence-corrected chi connectivity index (χ4v) is 6.45. The van der Waals surface area contributed by atoms with E-state index in [4.69, 9.17) is 18.6 Å². The summed E-state index contributed by atoms with van der Waals surface area (Å²) in [5.41, 5.74) is -0.0978. The lowest BCUT2D eigenvalue weighted by Crippen LogP contribution is -2.52. The van der Waals surface area contributed by atoms with Crippen LogP contribution >= 0.6 is 0 Å². The lowest BCUT2D eigenvalue weighted by Gasteiger charge is -2.43. The molecule has 1 aromatic carbocycles. The molecule has 1 N–H and O–H groups in total. The van der Waals surface area contributed by atoms with E-state index in [0.717, 1.165) is 43.6 Å². The van der Waals surface area contributed by atoms with Crippen LogP contribution in [-0.2, 0) is 20.4 Å². The SMILES string of the molecule is COCCCOc1cc(C[C@H](CCC[C@@H](C(C)(C)C)[C@@](C)(O[SiH](C)C)C(=O)O)C(C)C)ccc1OC. The first-order valence-electron chi connectivity index (χ1n) is 13.5. The molecule has 1 aromatic rings. The van der Waals surface area contributed by atoms with Crippen molar-refractivity contribution in [3.63, 3.8) is 0 Å². The van der Waals surface area contributed by atoms with Crippen molar-refractivity contribution < 1.29 is 28.5 Å². The van der Waals surface area contributed by atoms with E-state index in [0.29, 0.717) is 25.0 Å². The van der Waals surface area contributed by atoms with Gasteiger partial charge in [0.15, 0.2) is 26.1 Å². The molecule has 0 amide bonds. The van der Waals surface area contributed by atoms with Gasteiger partial charge in [0.2, 0.25) is 0 Å². The third kappa shape index (κ3) is 10.1. The maximum atomic E-state index is 12.4. The van der Waals surface area contributed by atoms with E-state index < -0.39 is 20.6 Å². The Morgan fingerprint density at radius 3 is 2.17 bits per heavy atom. The summed E-state index contributed by atoms with van der Waals surface area (Å²) in [5, 5.41) is 10.1. The number of methoxy groups -OCH3 is 2. The molecule has 0 unspecified atom stereocenters. The number of hydrogen-bond acceptors (Lipinski definition) is 5. The van der Waals surface area contributed by atoms with Crippen LogP contribution in [0.2, 0.25) is 13.1 Å². The maximum absolute atomic E-state index is 12.4. The Kier molecular flexibility index (Phi) is 13.5. The van der Waals surface area contributed by atoms with Gasteiger partial charge in [0.05, 0.1) is 13.7 Å². The van der Waals surface area contributed by atoms with Crippen molar-refractivity contribution >= 4 is 15.0 Å². The van der Waals surface area contributed by atoms with Crippen LogP contribution in [0.4, 0.5) is 0 Å². The van der Waals surface area contributed by atoms with Crippen molar-refractivity contribution in [1.29, 1.82) is 0 Å². The van der Waals surface area contributed by atoms with Crippen LogP contribution in [0, 0.1) is 23.2 Å². The van der Waals surface area contributed by atoms with Crippen LogP contribution < -0.4 is 9.47 Å². The van der Waals surface area contributed by atoms with E-state index in [2.05, 4.69) is 46.8 Å². The molecule has 0 aliphatic rings. The van der Waals surface area contributed by atoms with Gasteiger partial charge in [0.25, 0.3) is 0 Å². The second-order valence-corrected chi connectivity index (χ2v) is 14.1. The van der Waals surface area contributed by atoms with E-state index in [1.165, 1.54) is 5.56 Å². The molecule has 36 heavy (non-hydrogen) atoms. The van der Waals surface area contributed by atoms with E-state index in [-0.39, 0.29) is 11.3 Å². The van der Waals surface area contributed by atoms with Gasteiger partial charge in [-0.05, 0) is 74.2 Å². The van der Waals surface area contributed by atoms with Crippen LogP contribution in [0.1, 0.15) is 72.8 Å². The molecule has 208 valence electrons. The largest absolute Gasteiger partial charge is 0.493 e. The molecule has 0 spiro atoms. The molecule has 6 nitrogen and oxygen atoms in total. The second kappa shape index (κ2) is 15.0. The van der Waals surface area contributed by atoms with Crippen molar-refractivity contribution in [1.82, 2.24) is 0 Å². The Morgan fingerprint density at radius 2 is 1.67 bits per heavy atom. The first kappa shape index (κ1) is 32.5. The van der Waals surface area contributed by atoms with Gasteiger partial charge >= 0.3 is 5.97 Å². The smallest absolute Gasteiger partial charge is 0.334 e. The molecule has 0 radical (unpaired) electrons. The molecule has 0 aliphatic heterocycles. The Balaban J connectivity index is 2.96. The number of rotatable bonds is 17. The highest BCUT2D eigenvalue weighted by Gasteiger charge is 2.48. The van der Waals surface area contributed by atoms with Gasteiger partial charge in [-0.25, -0.2) is 4.79 Å². The van der Waals surface area contributed by atoms with Gasteiger partial charge in [-0.3, -0.25) is 0 Å². The van der Waals surface area contributed by atoms with Crippen molar-refractivity contribution in [2.24, 2.45) is 23.2 Å². The Morgan fingerprint density at radius 1 is 1.00 bits per heavy atom. The van der Waals surface area contributed by atoms with Crippen molar-refractivity contribution in [2.45, 2.75) is 92.3 Å². The molecular formula is C29H52O6Si. The molecule has 7 heteroatoms. The summed E-state index contributed by atoms with van der Waals surface area (Å²) >= 11 is 0. The number of benzene rings is 1. The summed E-state index contributed by atoms with van der Waals surface area (Å²) in [6, 6.07) is 6.21. The summed E-state index contributed by atoms with van der Waals surface area (Å²) in [6.45, 7) is 18.1. The third-order valence-electron chi connectivity index (χ3n) is 7.10. The van der Waals surface area contributed by atoms with Gasteiger partial charge < -0.3 is 23.7 Å². The van der Waals surface area contributed by atoms with Gasteiger partial charge in [-0.15, -0.1) is 0 Å². The predicted molar refractivity (Wildman–Crippen MR) is 150 cm³/mol. The summed E-state index contributed by atoms with van der Waals surface area (Å²) in [6.07, 6.45) is 4.60. The minimum absolute atomic E-state index is 0.0710. The van der Waals surface area contributed by atoms with Gasteiger partial charge in [0.1, 0.15) is 0 Å². The zero-order valence-corrected chi connectivity index (χ0v) is 25.6. The topological polar surface area (TPSA) is 74.2 Å². The van der Waals surface area contributed by atoms with Gasteiger partial charge in [-0.2, -0.15) is 0 Å². The first-order valence-corrected chi connectivity index (χ1v) is 16.2. The highest BCUT2D eigenvalue weighted by molar-refractivity contribution is 6.48. The van der Waals surface area contributed by atoms with Gasteiger partial charge in [-0.1, -0.05) is 47.1 Å². The second-order valence-electron chi connectivity index (χ2n) is 11.8. The lowest BCUT2D eigenvalue weighted by atomic mass is 9.68. The fourth-order valence-electron chi connectivity index (χ4n) is 5.21. The number of aliphatic carboxylic acids is 1. The number of carboxylic acids is 1. The van der Waals surface area contributed by atoms with Crippen LogP contribution in [0.5, 0.6) is 11.5 Å². The number of hydrogen-bond donors (Lipinski definition) is 1. The average Bonchev–Trinajstić information content (AvgIpc) is 2.77. The zero-order valence-electron chi connectivity index (χ0n) is 24.5. The van der Waals surface area contributed by atoms with E-state index >= 15 is 0 Å². The normalized spacial score (nSPS) is 15.6. The monoisotopic (exact) mass is 524 g/mol. The number of ether oxygens (including phenoxy) is 3. The van der Waals surface area contributed by atoms with Crippen molar-refractivity contribution in [3.8, 4) is 11.5 Å². The third-order valence-corrected chi connectivity index (χ3v) is 8.06. The van der Waals surface area contributed by atoms with Crippen LogP contribution in [-0.4, -0.2) is 53.2 Å². The molecule has 3 atom stereocenters. The van der Waals surface area contributed by atoms with Crippen LogP contribution in [0.25, 0.3) is 0 Å². The number of carboxylic acid groups (broad SMARTS) is 1. The van der Waals surface area contributed by atoms with E-state index in [1.807, 2.05) is 19.2 Å². The molecule has 0 aliphatic carbocycles. The summed E-state index contributed by atoms with van der Waals surface area (Å²) in [4.78, 5) is 12.4. The number of carbonyl (C=O) groups is 1. The molecular weight excluding hydrogens is 472 g/mol. The minimum Gasteiger partial charge on any atom is -0.493 e. The van der Waals surface area contributed by atoms with Crippen LogP contribution in [0.3, 0.4) is 0 Å². The van der Waals surface area contributed by atoms with E-state index in [9.17, 15) is 9.90 Å². The summed E-state index contributed by atoms with van der Waals surface area (Å²) < 4.78 is 22.8. The summed E-state index contributed by atoms with van der Waals surface area (Å²) in [7, 11) is 1.82. The minimum atomic E-state index is -1.53. The lowest BCUT2D eigenvalue weighted by molar-refractivity contribution is -0.164. The first-order chi connectivity index (χ1) is 16.8. The zero-order chi connectivity index (χ0) is 27.5. The van der Waals surface area contributed by atoms with Gasteiger partial charge in [0, 0.05) is 26.1 Å². The Hall–Kier alpha value is -1.57. The van der Waals surface area contributed by atoms with E-state index in [1.54, 1.807) is 21.1 Å². The molecule has 0 bridgehead atoms. The molecule has 1 rings (SSSR count). The molecule has 0 fully saturated rings. The van der Waals surface area contributed by atoms with Crippen LogP contribution in [0.15, 0.2) is 18.2 Å².